The van der Waals surface area contributed by atoms with Crippen LogP contribution in [0.3, 0.4) is 0 Å². The van der Waals surface area contributed by atoms with Gasteiger partial charge in [0.15, 0.2) is 11.8 Å². The molecule has 0 spiro atoms. The number of nitriles is 4. The molecule has 0 N–H and O–H groups in total. The van der Waals surface area contributed by atoms with Crippen molar-refractivity contribution in [3.63, 3.8) is 0 Å². The molecule has 6 rings (SSSR count). The van der Waals surface area contributed by atoms with Gasteiger partial charge in [0.05, 0.1) is 46.8 Å². The minimum atomic E-state index is -1.52. The molecule has 0 atom stereocenters. The number of carbonyl (C=O) groups is 4. The Morgan fingerprint density at radius 2 is 0.771 bits per heavy atom. The van der Waals surface area contributed by atoms with Gasteiger partial charge in [0.2, 0.25) is 0 Å². The van der Waals surface area contributed by atoms with Crippen LogP contribution in [0.25, 0.3) is 10.8 Å². The lowest BCUT2D eigenvalue weighted by Crippen LogP contribution is -2.45. The smallest absolute Gasteiger partial charge is 0.266 e. The van der Waals surface area contributed by atoms with Crippen LogP contribution in [-0.2, 0) is 0 Å². The number of amides is 4. The Kier molecular flexibility index (Phi) is 7.20. The molecule has 4 aromatic rings. The van der Waals surface area contributed by atoms with Gasteiger partial charge >= 0.3 is 0 Å². The maximum absolute atomic E-state index is 14.6. The molecule has 0 radical (unpaired) electrons. The van der Waals surface area contributed by atoms with Crippen molar-refractivity contribution in [2.75, 3.05) is 9.80 Å². The van der Waals surface area contributed by atoms with Gasteiger partial charge in [-0.05, 0) is 87.1 Å². The van der Waals surface area contributed by atoms with Crippen molar-refractivity contribution in [3.8, 4) is 24.3 Å². The fourth-order valence-electron chi connectivity index (χ4n) is 7.37. The van der Waals surface area contributed by atoms with Crippen LogP contribution < -0.4 is 9.80 Å². The Morgan fingerprint density at radius 3 is 1.04 bits per heavy atom. The molecule has 0 aromatic heterocycles. The monoisotopic (exact) mass is 630 g/mol. The normalized spacial score (nSPS) is 13.6. The highest BCUT2D eigenvalue weighted by molar-refractivity contribution is 6.43. The molecule has 10 heteroatoms. The molecule has 2 aliphatic heterocycles. The fourth-order valence-corrected chi connectivity index (χ4v) is 7.37. The Hall–Kier alpha value is -6.62. The van der Waals surface area contributed by atoms with Crippen LogP contribution in [0.15, 0.2) is 36.4 Å². The number of rotatable bonds is 4. The molecule has 4 aromatic carbocycles. The summed E-state index contributed by atoms with van der Waals surface area (Å²) in [7, 11) is 0. The van der Waals surface area contributed by atoms with Crippen LogP contribution in [0.1, 0.15) is 97.8 Å². The number of carbonyl (C=O) groups excluding carboxylic acids is 4. The van der Waals surface area contributed by atoms with E-state index in [9.17, 15) is 40.2 Å². The Labute approximate surface area is 276 Å². The Bertz CT molecular complexity index is 2170. The lowest BCUT2D eigenvalue weighted by atomic mass is 9.77. The summed E-state index contributed by atoms with van der Waals surface area (Å²) < 4.78 is 0. The van der Waals surface area contributed by atoms with Gasteiger partial charge in [-0.15, -0.1) is 0 Å². The number of anilines is 2. The van der Waals surface area contributed by atoms with E-state index in [0.29, 0.717) is 33.6 Å². The molecule has 0 bridgehead atoms. The van der Waals surface area contributed by atoms with Crippen LogP contribution in [0, 0.1) is 86.9 Å². The zero-order valence-corrected chi connectivity index (χ0v) is 26.9. The first kappa shape index (κ1) is 31.4. The van der Waals surface area contributed by atoms with E-state index < -0.39 is 35.5 Å². The second kappa shape index (κ2) is 11.0. The molecule has 48 heavy (non-hydrogen) atoms. The molecule has 232 valence electrons. The third-order valence-electron chi connectivity index (χ3n) is 9.02. The molecule has 2 heterocycles. The molecule has 0 fully saturated rings. The summed E-state index contributed by atoms with van der Waals surface area (Å²) in [6.07, 6.45) is 0. The van der Waals surface area contributed by atoms with Crippen LogP contribution >= 0.6 is 0 Å². The van der Waals surface area contributed by atoms with Crippen molar-refractivity contribution >= 4 is 45.8 Å². The summed E-state index contributed by atoms with van der Waals surface area (Å²) in [5, 5.41) is 40.1. The first-order valence-electron chi connectivity index (χ1n) is 15.0. The van der Waals surface area contributed by atoms with E-state index in [1.807, 2.05) is 38.1 Å². The maximum Gasteiger partial charge on any atom is 0.266 e. The van der Waals surface area contributed by atoms with Crippen molar-refractivity contribution < 1.29 is 19.2 Å². The SMILES string of the molecule is Cc1cc(C)c(N2C(=O)c3cc(C(C#N)C#N)c4c5c(cc(C(C#N)C#N)c(c35)C2=O)C(=O)N(c2c(C)cc(C)cc2C)C4=O)c(C)c1. The van der Waals surface area contributed by atoms with E-state index in [1.165, 1.54) is 12.1 Å². The number of nitrogens with zero attached hydrogens (tertiary/aromatic N) is 6. The summed E-state index contributed by atoms with van der Waals surface area (Å²) >= 11 is 0. The van der Waals surface area contributed by atoms with Gasteiger partial charge in [0.25, 0.3) is 23.6 Å². The molecule has 0 saturated heterocycles. The van der Waals surface area contributed by atoms with Gasteiger partial charge in [-0.2, -0.15) is 21.0 Å². The summed E-state index contributed by atoms with van der Waals surface area (Å²) in [5.74, 6) is -6.31. The predicted molar refractivity (Wildman–Crippen MR) is 175 cm³/mol. The van der Waals surface area contributed by atoms with Crippen LogP contribution in [-0.4, -0.2) is 23.6 Å². The zero-order valence-electron chi connectivity index (χ0n) is 26.9. The van der Waals surface area contributed by atoms with Gasteiger partial charge in [-0.25, -0.2) is 9.80 Å². The van der Waals surface area contributed by atoms with Gasteiger partial charge in [-0.3, -0.25) is 19.2 Å². The first-order chi connectivity index (χ1) is 22.8. The second-order valence-corrected chi connectivity index (χ2v) is 12.3. The van der Waals surface area contributed by atoms with Gasteiger partial charge in [0, 0.05) is 21.9 Å². The highest BCUT2D eigenvalue weighted by atomic mass is 16.2. The number of aryl methyl sites for hydroxylation is 6. The Balaban J connectivity index is 1.81. The van der Waals surface area contributed by atoms with E-state index >= 15 is 0 Å². The topological polar surface area (TPSA) is 170 Å². The van der Waals surface area contributed by atoms with Crippen molar-refractivity contribution in [2.24, 2.45) is 0 Å². The average molecular weight is 631 g/mol. The molecular weight excluding hydrogens is 604 g/mol. The second-order valence-electron chi connectivity index (χ2n) is 12.3. The number of benzene rings is 4. The minimum absolute atomic E-state index is 0.0706. The summed E-state index contributed by atoms with van der Waals surface area (Å²) in [5.41, 5.74) is 4.02. The lowest BCUT2D eigenvalue weighted by molar-refractivity contribution is 0.0871. The van der Waals surface area contributed by atoms with Crippen LogP contribution in [0.4, 0.5) is 11.4 Å². The van der Waals surface area contributed by atoms with Gasteiger partial charge in [0.1, 0.15) is 0 Å². The van der Waals surface area contributed by atoms with E-state index in [4.69, 9.17) is 0 Å². The number of hydrogen-bond donors (Lipinski definition) is 0. The van der Waals surface area contributed by atoms with Crippen molar-refractivity contribution in [2.45, 2.75) is 53.4 Å². The minimum Gasteiger partial charge on any atom is -0.268 e. The van der Waals surface area contributed by atoms with Crippen LogP contribution in [0.2, 0.25) is 0 Å². The average Bonchev–Trinajstić information content (AvgIpc) is 3.02. The summed E-state index contributed by atoms with van der Waals surface area (Å²) in [6, 6.07) is 17.3. The fraction of sp³-hybridized carbons (Fsp3) is 0.211. The Morgan fingerprint density at radius 1 is 0.479 bits per heavy atom. The number of imide groups is 2. The standard InChI is InChI=1S/C38H26N6O4/c1-17-7-19(3)33(20(4)8-17)43-35(45)27-11-26(24(15-41)16-42)32-30-28(12-25(23(13-39)14-40)31(29(27)30)37(43)47)36(46)44(38(32)48)34-21(5)9-18(2)10-22(34)6/h7-12,23-24H,1-6H3. The third kappa shape index (κ3) is 4.21. The van der Waals surface area contributed by atoms with E-state index in [-0.39, 0.29) is 44.2 Å². The molecular formula is C38H26N6O4. The highest BCUT2D eigenvalue weighted by Crippen LogP contribution is 2.47. The summed E-state index contributed by atoms with van der Waals surface area (Å²) in [4.78, 5) is 60.1. The largest absolute Gasteiger partial charge is 0.268 e. The van der Waals surface area contributed by atoms with Crippen molar-refractivity contribution in [1.82, 2.24) is 0 Å². The van der Waals surface area contributed by atoms with E-state index in [2.05, 4.69) is 0 Å². The molecule has 2 aliphatic rings. The van der Waals surface area contributed by atoms with Crippen molar-refractivity contribution in [1.29, 1.82) is 21.0 Å². The quantitative estimate of drug-likeness (QED) is 0.228. The maximum atomic E-state index is 14.6. The predicted octanol–water partition coefficient (Wildman–Crippen LogP) is 6.55. The van der Waals surface area contributed by atoms with Gasteiger partial charge in [-0.1, -0.05) is 35.4 Å². The molecule has 0 saturated carbocycles. The molecule has 0 unspecified atom stereocenters. The molecule has 4 amide bonds. The zero-order chi connectivity index (χ0) is 34.9. The van der Waals surface area contributed by atoms with Gasteiger partial charge < -0.3 is 0 Å². The summed E-state index contributed by atoms with van der Waals surface area (Å²) in [6.45, 7) is 10.7. The van der Waals surface area contributed by atoms with Crippen molar-refractivity contribution in [3.05, 3.63) is 103 Å². The molecule has 0 aliphatic carbocycles. The first-order valence-corrected chi connectivity index (χ1v) is 15.0. The van der Waals surface area contributed by atoms with Crippen LogP contribution in [0.5, 0.6) is 0 Å². The highest BCUT2D eigenvalue weighted by Gasteiger charge is 2.46. The van der Waals surface area contributed by atoms with E-state index in [0.717, 1.165) is 20.9 Å². The van der Waals surface area contributed by atoms with E-state index in [1.54, 1.807) is 52.0 Å². The number of hydrogen-bond acceptors (Lipinski definition) is 8. The molecule has 10 nitrogen and oxygen atoms in total. The lowest BCUT2D eigenvalue weighted by Gasteiger charge is -2.36. The third-order valence-corrected chi connectivity index (χ3v) is 9.02.